The first-order valence-corrected chi connectivity index (χ1v) is 17.9. The molecule has 5 nitrogen and oxygen atoms in total. The monoisotopic (exact) mass is 602 g/mol. The van der Waals surface area contributed by atoms with Crippen LogP contribution < -0.4 is 14.8 Å². The summed E-state index contributed by atoms with van der Waals surface area (Å²) < 4.78 is 13.7. The van der Waals surface area contributed by atoms with Crippen molar-refractivity contribution in [2.75, 3.05) is 32.7 Å². The summed E-state index contributed by atoms with van der Waals surface area (Å²) in [6.45, 7) is 29.5. The molecular formula is C38H69N2O3+. The van der Waals surface area contributed by atoms with E-state index in [1.165, 1.54) is 56.9 Å². The number of rotatable bonds is 19. The van der Waals surface area contributed by atoms with E-state index in [1.54, 1.807) is 0 Å². The smallest absolute Gasteiger partial charge is 0.412 e. The van der Waals surface area contributed by atoms with Crippen LogP contribution in [-0.2, 0) is 6.42 Å². The Labute approximate surface area is 266 Å². The molecule has 0 unspecified atom stereocenters. The van der Waals surface area contributed by atoms with Crippen molar-refractivity contribution in [2.45, 2.75) is 152 Å². The number of carbonyl (C=O) groups is 1. The van der Waals surface area contributed by atoms with Crippen molar-refractivity contribution in [1.82, 2.24) is 5.32 Å². The highest BCUT2D eigenvalue weighted by atomic mass is 16.6. The first kappa shape index (κ1) is 37.4. The Kier molecular flexibility index (Phi) is 15.4. The summed E-state index contributed by atoms with van der Waals surface area (Å²) in [6.07, 6.45) is 13.4. The Morgan fingerprint density at radius 3 is 1.98 bits per heavy atom. The molecule has 0 saturated carbocycles. The number of fused-ring (bicyclic) bond motifs is 1. The van der Waals surface area contributed by atoms with E-state index < -0.39 is 0 Å². The lowest BCUT2D eigenvalue weighted by Gasteiger charge is -2.38. The number of nitrogens with zero attached hydrogens (tertiary/aromatic N) is 1. The molecule has 5 heteroatoms. The second kappa shape index (κ2) is 17.7. The predicted molar refractivity (Wildman–Crippen MR) is 184 cm³/mol. The molecule has 1 amide bonds. The quantitative estimate of drug-likeness (QED) is 0.161. The number of nitrogens with one attached hydrogen (secondary N) is 1. The molecule has 0 aliphatic carbocycles. The third-order valence-corrected chi connectivity index (χ3v) is 10.9. The summed E-state index contributed by atoms with van der Waals surface area (Å²) in [5.74, 6) is 4.20. The third kappa shape index (κ3) is 11.3. The lowest BCUT2D eigenvalue weighted by Crippen LogP contribution is -2.51. The van der Waals surface area contributed by atoms with Crippen LogP contribution in [0, 0.1) is 38.5 Å². The van der Waals surface area contributed by atoms with Gasteiger partial charge in [0, 0.05) is 5.56 Å². The Morgan fingerprint density at radius 2 is 1.42 bits per heavy atom. The molecule has 1 heterocycles. The van der Waals surface area contributed by atoms with Gasteiger partial charge in [0.15, 0.2) is 0 Å². The van der Waals surface area contributed by atoms with Crippen LogP contribution in [0.3, 0.4) is 0 Å². The van der Waals surface area contributed by atoms with Crippen molar-refractivity contribution >= 4 is 6.09 Å². The maximum Gasteiger partial charge on any atom is 0.412 e. The van der Waals surface area contributed by atoms with Crippen molar-refractivity contribution in [3.8, 4) is 11.5 Å². The summed E-state index contributed by atoms with van der Waals surface area (Å²) in [6, 6.07) is 0. The Hall–Kier alpha value is -1.75. The van der Waals surface area contributed by atoms with E-state index >= 15 is 0 Å². The van der Waals surface area contributed by atoms with Gasteiger partial charge in [-0.05, 0) is 109 Å². The van der Waals surface area contributed by atoms with Gasteiger partial charge in [0.25, 0.3) is 0 Å². The van der Waals surface area contributed by atoms with Gasteiger partial charge in [-0.15, -0.1) is 0 Å². The average Bonchev–Trinajstić information content (AvgIpc) is 2.96. The van der Waals surface area contributed by atoms with Crippen LogP contribution in [-0.4, -0.2) is 48.9 Å². The van der Waals surface area contributed by atoms with E-state index in [1.807, 2.05) is 0 Å². The minimum absolute atomic E-state index is 0.135. The highest BCUT2D eigenvalue weighted by Gasteiger charge is 2.35. The normalized spacial score (nSPS) is 18.2. The molecule has 1 aliphatic rings. The van der Waals surface area contributed by atoms with Gasteiger partial charge in [0.2, 0.25) is 0 Å². The number of hydrogen-bond acceptors (Lipinski definition) is 3. The fraction of sp³-hybridized carbons (Fsp3) is 0.816. The lowest BCUT2D eigenvalue weighted by molar-refractivity contribution is -0.922. The Balaban J connectivity index is 1.88. The van der Waals surface area contributed by atoms with Crippen LogP contribution >= 0.6 is 0 Å². The van der Waals surface area contributed by atoms with Gasteiger partial charge in [0.05, 0.1) is 32.7 Å². The maximum absolute atomic E-state index is 12.8. The van der Waals surface area contributed by atoms with Crippen LogP contribution in [0.4, 0.5) is 4.79 Å². The van der Waals surface area contributed by atoms with Crippen molar-refractivity contribution in [3.63, 3.8) is 0 Å². The number of benzene rings is 1. The van der Waals surface area contributed by atoms with Crippen LogP contribution in [0.1, 0.15) is 142 Å². The van der Waals surface area contributed by atoms with E-state index in [2.05, 4.69) is 81.5 Å². The number of carbonyl (C=O) groups excluding carboxylic acids is 1. The topological polar surface area (TPSA) is 47.6 Å². The molecule has 3 atom stereocenters. The van der Waals surface area contributed by atoms with E-state index in [4.69, 9.17) is 9.47 Å². The molecule has 1 aromatic rings. The molecule has 0 bridgehead atoms. The molecule has 248 valence electrons. The summed E-state index contributed by atoms with van der Waals surface area (Å²) in [7, 11) is 0. The lowest BCUT2D eigenvalue weighted by atomic mass is 9.83. The SMILES string of the molecule is CC[N+](CC)(CC)CCNC(=O)Oc1c(C)c(C)c2c(c1C)CC[C@@](C)(CCC[C@H](C)CCC[C@H](C)CCCC(C)C)O2. The molecule has 0 fully saturated rings. The fourth-order valence-electron chi connectivity index (χ4n) is 7.08. The molecule has 43 heavy (non-hydrogen) atoms. The van der Waals surface area contributed by atoms with Crippen LogP contribution in [0.2, 0.25) is 0 Å². The minimum Gasteiger partial charge on any atom is -0.487 e. The molecule has 0 radical (unpaired) electrons. The number of likely N-dealkylation sites (N-methyl/N-ethyl adjacent to an activating group) is 1. The maximum atomic E-state index is 12.8. The predicted octanol–water partition coefficient (Wildman–Crippen LogP) is 10.1. The number of hydrogen-bond donors (Lipinski definition) is 1. The second-order valence-electron chi connectivity index (χ2n) is 14.8. The number of quaternary nitrogens is 1. The largest absolute Gasteiger partial charge is 0.487 e. The molecule has 1 aromatic carbocycles. The van der Waals surface area contributed by atoms with Gasteiger partial charge in [-0.2, -0.15) is 0 Å². The van der Waals surface area contributed by atoms with Gasteiger partial charge in [-0.1, -0.05) is 72.6 Å². The Bertz CT molecular complexity index is 991. The molecule has 0 spiro atoms. The van der Waals surface area contributed by atoms with E-state index in [9.17, 15) is 4.79 Å². The first-order chi connectivity index (χ1) is 20.3. The van der Waals surface area contributed by atoms with E-state index in [0.29, 0.717) is 12.3 Å². The standard InChI is InChI=1S/C38H68N2O3/c1-12-40(13-2,14-3)27-26-39-37(41)42-35-31(8)32(9)36-34(33(35)10)23-25-38(11,43-36)24-17-22-30(7)21-16-20-29(6)19-15-18-28(4)5/h28-30H,12-27H2,1-11H3/p+1/t29-,30-,38-/m1/s1. The van der Waals surface area contributed by atoms with Gasteiger partial charge in [-0.3, -0.25) is 0 Å². The summed E-state index contributed by atoms with van der Waals surface area (Å²) >= 11 is 0. The summed E-state index contributed by atoms with van der Waals surface area (Å²) in [5, 5.41) is 3.01. The highest BCUT2D eigenvalue weighted by molar-refractivity contribution is 5.73. The second-order valence-corrected chi connectivity index (χ2v) is 14.8. The van der Waals surface area contributed by atoms with Crippen LogP contribution in [0.25, 0.3) is 0 Å². The van der Waals surface area contributed by atoms with Crippen molar-refractivity contribution in [3.05, 3.63) is 22.3 Å². The molecule has 1 aliphatic heterocycles. The summed E-state index contributed by atoms with van der Waals surface area (Å²) in [4.78, 5) is 12.8. The van der Waals surface area contributed by atoms with Crippen molar-refractivity contribution in [1.29, 1.82) is 0 Å². The van der Waals surface area contributed by atoms with Crippen LogP contribution in [0.15, 0.2) is 0 Å². The molecule has 0 saturated heterocycles. The van der Waals surface area contributed by atoms with Gasteiger partial charge >= 0.3 is 6.09 Å². The average molecular weight is 602 g/mol. The van der Waals surface area contributed by atoms with Crippen molar-refractivity contribution in [2.24, 2.45) is 17.8 Å². The number of ether oxygens (including phenoxy) is 2. The first-order valence-electron chi connectivity index (χ1n) is 17.9. The molecule has 2 rings (SSSR count). The zero-order chi connectivity index (χ0) is 32.2. The molecule has 1 N–H and O–H groups in total. The van der Waals surface area contributed by atoms with Crippen LogP contribution in [0.5, 0.6) is 11.5 Å². The fourth-order valence-corrected chi connectivity index (χ4v) is 7.08. The van der Waals surface area contributed by atoms with E-state index in [0.717, 1.165) is 90.1 Å². The van der Waals surface area contributed by atoms with Gasteiger partial charge in [-0.25, -0.2) is 4.79 Å². The Morgan fingerprint density at radius 1 is 0.860 bits per heavy atom. The summed E-state index contributed by atoms with van der Waals surface area (Å²) in [5.41, 5.74) is 4.22. The van der Waals surface area contributed by atoms with Crippen molar-refractivity contribution < 1.29 is 18.8 Å². The zero-order valence-electron chi connectivity index (χ0n) is 30.2. The minimum atomic E-state index is -0.358. The molecule has 0 aromatic heterocycles. The highest BCUT2D eigenvalue weighted by Crippen LogP contribution is 2.45. The van der Waals surface area contributed by atoms with Gasteiger partial charge in [0.1, 0.15) is 17.1 Å². The third-order valence-electron chi connectivity index (χ3n) is 10.9. The van der Waals surface area contributed by atoms with Gasteiger partial charge < -0.3 is 19.3 Å². The number of amides is 1. The van der Waals surface area contributed by atoms with E-state index in [-0.39, 0.29) is 11.7 Å². The molecular weight excluding hydrogens is 532 g/mol. The zero-order valence-corrected chi connectivity index (χ0v) is 30.2.